The van der Waals surface area contributed by atoms with E-state index in [9.17, 15) is 13.2 Å². The number of carbonyl (C=O) groups excluding carboxylic acids is 1. The molecule has 0 aromatic heterocycles. The molecule has 1 saturated heterocycles. The third-order valence-corrected chi connectivity index (χ3v) is 6.08. The molecule has 0 N–H and O–H groups in total. The zero-order chi connectivity index (χ0) is 17.9. The zero-order valence-electron chi connectivity index (χ0n) is 14.2. The summed E-state index contributed by atoms with van der Waals surface area (Å²) in [5, 5.41) is 0.270. The summed E-state index contributed by atoms with van der Waals surface area (Å²) in [5.74, 6) is 0.430. The number of nitrogens with zero attached hydrogens (tertiary/aromatic N) is 2. The lowest BCUT2D eigenvalue weighted by molar-refractivity contribution is -0.135. The number of piperazine rings is 1. The van der Waals surface area contributed by atoms with Crippen LogP contribution in [0.25, 0.3) is 0 Å². The molecule has 6 nitrogen and oxygen atoms in total. The second-order valence-corrected chi connectivity index (χ2v) is 8.25. The molecule has 0 bridgehead atoms. The first kappa shape index (κ1) is 19.0. The van der Waals surface area contributed by atoms with Gasteiger partial charge in [0.1, 0.15) is 5.75 Å². The number of carbonyl (C=O) groups is 1. The molecule has 1 aliphatic rings. The molecule has 1 aliphatic heterocycles. The summed E-state index contributed by atoms with van der Waals surface area (Å²) in [6.45, 7) is 7.34. The predicted octanol–water partition coefficient (Wildman–Crippen LogP) is 2.23. The number of amides is 1. The molecular weight excluding hydrogens is 352 g/mol. The molecule has 0 aliphatic carbocycles. The van der Waals surface area contributed by atoms with Gasteiger partial charge >= 0.3 is 0 Å². The zero-order valence-corrected chi connectivity index (χ0v) is 15.7. The van der Waals surface area contributed by atoms with Crippen molar-refractivity contribution in [3.63, 3.8) is 0 Å². The number of rotatable bonds is 5. The molecular formula is C16H23ClN2O4S. The third-order valence-electron chi connectivity index (χ3n) is 3.89. The highest BCUT2D eigenvalue weighted by molar-refractivity contribution is 7.89. The summed E-state index contributed by atoms with van der Waals surface area (Å²) < 4.78 is 32.2. The van der Waals surface area contributed by atoms with Crippen molar-refractivity contribution in [3.8, 4) is 5.75 Å². The Labute approximate surface area is 148 Å². The average molecular weight is 375 g/mol. The van der Waals surface area contributed by atoms with Crippen LogP contribution in [0.2, 0.25) is 5.02 Å². The van der Waals surface area contributed by atoms with Crippen molar-refractivity contribution in [2.24, 2.45) is 5.92 Å². The van der Waals surface area contributed by atoms with Crippen LogP contribution in [0.1, 0.15) is 20.8 Å². The molecule has 1 heterocycles. The highest BCUT2D eigenvalue weighted by atomic mass is 35.5. The fourth-order valence-electron chi connectivity index (χ4n) is 2.58. The molecule has 134 valence electrons. The van der Waals surface area contributed by atoms with Crippen LogP contribution in [0, 0.1) is 5.92 Å². The quantitative estimate of drug-likeness (QED) is 0.792. The van der Waals surface area contributed by atoms with E-state index in [2.05, 4.69) is 0 Å². The number of sulfonamides is 1. The van der Waals surface area contributed by atoms with Gasteiger partial charge in [-0.05, 0) is 25.1 Å². The first-order valence-electron chi connectivity index (χ1n) is 7.98. The van der Waals surface area contributed by atoms with Crippen molar-refractivity contribution in [1.82, 2.24) is 9.21 Å². The summed E-state index contributed by atoms with van der Waals surface area (Å²) in [7, 11) is -3.63. The van der Waals surface area contributed by atoms with Crippen molar-refractivity contribution < 1.29 is 17.9 Å². The Bertz CT molecular complexity index is 698. The second-order valence-electron chi connectivity index (χ2n) is 5.91. The Kier molecular flexibility index (Phi) is 6.11. The number of ether oxygens (including phenoxy) is 1. The molecule has 0 spiro atoms. The van der Waals surface area contributed by atoms with Gasteiger partial charge in [0, 0.05) is 32.1 Å². The molecule has 24 heavy (non-hydrogen) atoms. The highest BCUT2D eigenvalue weighted by Gasteiger charge is 2.31. The van der Waals surface area contributed by atoms with E-state index in [-0.39, 0.29) is 34.8 Å². The minimum absolute atomic E-state index is 0.0520. The van der Waals surface area contributed by atoms with E-state index in [0.29, 0.717) is 25.4 Å². The van der Waals surface area contributed by atoms with Gasteiger partial charge in [-0.3, -0.25) is 4.79 Å². The average Bonchev–Trinajstić information content (AvgIpc) is 2.56. The Morgan fingerprint density at radius 2 is 1.88 bits per heavy atom. The van der Waals surface area contributed by atoms with Gasteiger partial charge in [0.05, 0.1) is 16.5 Å². The SMILES string of the molecule is CCOc1ccc(S(=O)(=O)N2CCN(C(=O)C(C)C)CC2)cc1Cl. The summed E-state index contributed by atoms with van der Waals surface area (Å²) in [5.41, 5.74) is 0. The summed E-state index contributed by atoms with van der Waals surface area (Å²) >= 11 is 6.09. The molecule has 1 aromatic carbocycles. The van der Waals surface area contributed by atoms with Crippen LogP contribution in [-0.2, 0) is 14.8 Å². The van der Waals surface area contributed by atoms with Crippen molar-refractivity contribution in [3.05, 3.63) is 23.2 Å². The molecule has 1 amide bonds. The van der Waals surface area contributed by atoms with Crippen molar-refractivity contribution in [2.45, 2.75) is 25.7 Å². The smallest absolute Gasteiger partial charge is 0.243 e. The van der Waals surface area contributed by atoms with Crippen LogP contribution < -0.4 is 4.74 Å². The van der Waals surface area contributed by atoms with E-state index in [1.54, 1.807) is 11.0 Å². The predicted molar refractivity (Wildman–Crippen MR) is 92.8 cm³/mol. The number of halogens is 1. The van der Waals surface area contributed by atoms with Gasteiger partial charge in [-0.2, -0.15) is 4.31 Å². The lowest BCUT2D eigenvalue weighted by Gasteiger charge is -2.34. The van der Waals surface area contributed by atoms with Gasteiger partial charge in [-0.1, -0.05) is 25.4 Å². The number of hydrogen-bond acceptors (Lipinski definition) is 4. The van der Waals surface area contributed by atoms with E-state index in [4.69, 9.17) is 16.3 Å². The van der Waals surface area contributed by atoms with Crippen molar-refractivity contribution in [1.29, 1.82) is 0 Å². The Balaban J connectivity index is 2.12. The van der Waals surface area contributed by atoms with Crippen LogP contribution in [0.4, 0.5) is 0 Å². The Morgan fingerprint density at radius 1 is 1.25 bits per heavy atom. The molecule has 2 rings (SSSR count). The monoisotopic (exact) mass is 374 g/mol. The molecule has 1 fully saturated rings. The van der Waals surface area contributed by atoms with Crippen molar-refractivity contribution in [2.75, 3.05) is 32.8 Å². The summed E-state index contributed by atoms with van der Waals surface area (Å²) in [6.07, 6.45) is 0. The van der Waals surface area contributed by atoms with E-state index < -0.39 is 10.0 Å². The maximum absolute atomic E-state index is 12.7. The highest BCUT2D eigenvalue weighted by Crippen LogP contribution is 2.29. The van der Waals surface area contributed by atoms with Gasteiger partial charge in [-0.25, -0.2) is 8.42 Å². The first-order chi connectivity index (χ1) is 11.3. The standard InChI is InChI=1S/C16H23ClN2O4S/c1-4-23-15-6-5-13(11-14(15)17)24(21,22)19-9-7-18(8-10-19)16(20)12(2)3/h5-6,11-12H,4,7-10H2,1-3H3. The molecule has 0 unspecified atom stereocenters. The maximum atomic E-state index is 12.7. The van der Waals surface area contributed by atoms with Crippen LogP contribution in [0.15, 0.2) is 23.1 Å². The summed E-state index contributed by atoms with van der Waals surface area (Å²) in [6, 6.07) is 4.47. The minimum atomic E-state index is -3.63. The van der Waals surface area contributed by atoms with Crippen LogP contribution >= 0.6 is 11.6 Å². The molecule has 8 heteroatoms. The van der Waals surface area contributed by atoms with Crippen molar-refractivity contribution >= 4 is 27.5 Å². The molecule has 0 saturated carbocycles. The number of hydrogen-bond donors (Lipinski definition) is 0. The van der Waals surface area contributed by atoms with Crippen LogP contribution in [0.3, 0.4) is 0 Å². The normalized spacial score (nSPS) is 16.5. The van der Waals surface area contributed by atoms with Gasteiger partial charge in [0.2, 0.25) is 15.9 Å². The molecule has 0 radical (unpaired) electrons. The first-order valence-corrected chi connectivity index (χ1v) is 9.80. The van der Waals surface area contributed by atoms with Gasteiger partial charge in [0.25, 0.3) is 0 Å². The topological polar surface area (TPSA) is 66.9 Å². The lowest BCUT2D eigenvalue weighted by Crippen LogP contribution is -2.51. The van der Waals surface area contributed by atoms with E-state index in [0.717, 1.165) is 0 Å². The molecule has 0 atom stereocenters. The van der Waals surface area contributed by atoms with Gasteiger partial charge in [0.15, 0.2) is 0 Å². The Hall–Kier alpha value is -1.31. The second kappa shape index (κ2) is 7.72. The summed E-state index contributed by atoms with van der Waals surface area (Å²) in [4.78, 5) is 13.8. The van der Waals surface area contributed by atoms with Crippen LogP contribution in [-0.4, -0.2) is 56.3 Å². The number of benzene rings is 1. The lowest BCUT2D eigenvalue weighted by atomic mass is 10.2. The van der Waals surface area contributed by atoms with Gasteiger partial charge < -0.3 is 9.64 Å². The maximum Gasteiger partial charge on any atom is 0.243 e. The Morgan fingerprint density at radius 3 is 2.38 bits per heavy atom. The van der Waals surface area contributed by atoms with Crippen LogP contribution in [0.5, 0.6) is 5.75 Å². The molecule has 1 aromatic rings. The largest absolute Gasteiger partial charge is 0.492 e. The van der Waals surface area contributed by atoms with Gasteiger partial charge in [-0.15, -0.1) is 0 Å². The minimum Gasteiger partial charge on any atom is -0.492 e. The third kappa shape index (κ3) is 4.02. The fourth-order valence-corrected chi connectivity index (χ4v) is 4.33. The van der Waals surface area contributed by atoms with E-state index >= 15 is 0 Å². The van der Waals surface area contributed by atoms with E-state index in [1.165, 1.54) is 16.4 Å². The van der Waals surface area contributed by atoms with E-state index in [1.807, 2.05) is 20.8 Å². The fraction of sp³-hybridized carbons (Fsp3) is 0.562.